The van der Waals surface area contributed by atoms with Crippen LogP contribution >= 0.6 is 31.9 Å². The summed E-state index contributed by atoms with van der Waals surface area (Å²) in [5.41, 5.74) is 2.52. The number of rotatable bonds is 2. The van der Waals surface area contributed by atoms with Gasteiger partial charge in [-0.3, -0.25) is 0 Å². The quantitative estimate of drug-likeness (QED) is 0.717. The van der Waals surface area contributed by atoms with Gasteiger partial charge in [-0.05, 0) is 22.2 Å². The summed E-state index contributed by atoms with van der Waals surface area (Å²) in [5, 5.41) is 0.922. The van der Waals surface area contributed by atoms with Gasteiger partial charge in [0.2, 0.25) is 0 Å². The standard InChI is InChI=1S/C9H8Br2/c10-6-5-8-1-3-9(7-11)4-2-8/h1-6H,7H2/b6-5+. The van der Waals surface area contributed by atoms with Crippen LogP contribution in [0.4, 0.5) is 0 Å². The average molecular weight is 276 g/mol. The van der Waals surface area contributed by atoms with Crippen molar-refractivity contribution >= 4 is 37.9 Å². The van der Waals surface area contributed by atoms with Gasteiger partial charge in [-0.25, -0.2) is 0 Å². The summed E-state index contributed by atoms with van der Waals surface area (Å²) in [4.78, 5) is 1.86. The molecule has 0 unspecified atom stereocenters. The first-order chi connectivity index (χ1) is 5.36. The van der Waals surface area contributed by atoms with Gasteiger partial charge in [-0.15, -0.1) is 0 Å². The molecule has 1 aromatic rings. The third kappa shape index (κ3) is 2.80. The van der Waals surface area contributed by atoms with Gasteiger partial charge in [-0.1, -0.05) is 56.1 Å². The molecule has 11 heavy (non-hydrogen) atoms. The Balaban J connectivity index is 2.82. The summed E-state index contributed by atoms with van der Waals surface area (Å²) >= 11 is 6.63. The fourth-order valence-electron chi connectivity index (χ4n) is 0.791. The molecule has 0 saturated heterocycles. The molecule has 0 aromatic heterocycles. The molecule has 0 N–H and O–H groups in total. The molecule has 1 aromatic carbocycles. The predicted molar refractivity (Wildman–Crippen MR) is 57.0 cm³/mol. The minimum atomic E-state index is 0.922. The lowest BCUT2D eigenvalue weighted by Crippen LogP contribution is -1.76. The minimum Gasteiger partial charge on any atom is -0.0876 e. The first-order valence-corrected chi connectivity index (χ1v) is 5.32. The largest absolute Gasteiger partial charge is 0.0876 e. The second-order valence-electron chi connectivity index (χ2n) is 2.17. The lowest BCUT2D eigenvalue weighted by Gasteiger charge is -1.95. The molecular formula is C9H8Br2. The van der Waals surface area contributed by atoms with Gasteiger partial charge >= 0.3 is 0 Å². The summed E-state index contributed by atoms with van der Waals surface area (Å²) in [7, 11) is 0. The fourth-order valence-corrected chi connectivity index (χ4v) is 1.47. The first-order valence-electron chi connectivity index (χ1n) is 3.28. The van der Waals surface area contributed by atoms with Crippen LogP contribution in [0.3, 0.4) is 0 Å². The molecule has 58 valence electrons. The third-order valence-corrected chi connectivity index (χ3v) is 2.30. The van der Waals surface area contributed by atoms with E-state index in [1.54, 1.807) is 0 Å². The molecule has 0 aliphatic heterocycles. The smallest absolute Gasteiger partial charge is 0.0283 e. The summed E-state index contributed by atoms with van der Waals surface area (Å²) < 4.78 is 0. The summed E-state index contributed by atoms with van der Waals surface area (Å²) in [6.45, 7) is 0. The van der Waals surface area contributed by atoms with Crippen LogP contribution in [-0.2, 0) is 5.33 Å². The van der Waals surface area contributed by atoms with Crippen molar-refractivity contribution < 1.29 is 0 Å². The highest BCUT2D eigenvalue weighted by Crippen LogP contribution is 2.09. The Hall–Kier alpha value is -0.0800. The van der Waals surface area contributed by atoms with E-state index >= 15 is 0 Å². The maximum absolute atomic E-state index is 3.39. The monoisotopic (exact) mass is 274 g/mol. The Morgan fingerprint density at radius 3 is 2.27 bits per heavy atom. The predicted octanol–water partition coefficient (Wildman–Crippen LogP) is 3.95. The van der Waals surface area contributed by atoms with E-state index in [1.807, 2.05) is 11.1 Å². The molecule has 0 aliphatic rings. The Kier molecular flexibility index (Phi) is 3.87. The molecule has 2 heteroatoms. The van der Waals surface area contributed by atoms with Crippen molar-refractivity contribution in [2.24, 2.45) is 0 Å². The van der Waals surface area contributed by atoms with E-state index in [4.69, 9.17) is 0 Å². The second kappa shape index (κ2) is 4.73. The Bertz CT molecular complexity index is 236. The number of hydrogen-bond donors (Lipinski definition) is 0. The van der Waals surface area contributed by atoms with Crippen molar-refractivity contribution in [1.29, 1.82) is 0 Å². The Labute approximate surface area is 83.6 Å². The zero-order valence-corrected chi connectivity index (χ0v) is 9.10. The maximum Gasteiger partial charge on any atom is 0.0283 e. The highest BCUT2D eigenvalue weighted by atomic mass is 79.9. The summed E-state index contributed by atoms with van der Waals surface area (Å²) in [6, 6.07) is 8.40. The minimum absolute atomic E-state index is 0.922. The van der Waals surface area contributed by atoms with Crippen LogP contribution in [-0.4, -0.2) is 0 Å². The summed E-state index contributed by atoms with van der Waals surface area (Å²) in [6.07, 6.45) is 2.01. The Morgan fingerprint density at radius 1 is 1.18 bits per heavy atom. The van der Waals surface area contributed by atoms with Crippen molar-refractivity contribution in [2.45, 2.75) is 5.33 Å². The van der Waals surface area contributed by atoms with Crippen molar-refractivity contribution in [1.82, 2.24) is 0 Å². The molecule has 0 radical (unpaired) electrons. The van der Waals surface area contributed by atoms with Gasteiger partial charge < -0.3 is 0 Å². The van der Waals surface area contributed by atoms with Crippen LogP contribution in [0.5, 0.6) is 0 Å². The van der Waals surface area contributed by atoms with Gasteiger partial charge in [0, 0.05) is 5.33 Å². The van der Waals surface area contributed by atoms with Crippen LogP contribution in [0.25, 0.3) is 6.08 Å². The maximum atomic E-state index is 3.39. The first kappa shape index (κ1) is 9.01. The van der Waals surface area contributed by atoms with E-state index in [-0.39, 0.29) is 0 Å². The zero-order valence-electron chi connectivity index (χ0n) is 5.93. The number of hydrogen-bond acceptors (Lipinski definition) is 0. The highest BCUT2D eigenvalue weighted by Gasteiger charge is 1.88. The van der Waals surface area contributed by atoms with Gasteiger partial charge in [0.15, 0.2) is 0 Å². The van der Waals surface area contributed by atoms with Crippen molar-refractivity contribution in [2.75, 3.05) is 0 Å². The average Bonchev–Trinajstić information content (AvgIpc) is 2.07. The highest BCUT2D eigenvalue weighted by molar-refractivity contribution is 9.11. The molecule has 1 rings (SSSR count). The molecule has 0 spiro atoms. The number of alkyl halides is 1. The van der Waals surface area contributed by atoms with Gasteiger partial charge in [-0.2, -0.15) is 0 Å². The molecule has 0 bridgehead atoms. The van der Waals surface area contributed by atoms with Gasteiger partial charge in [0.1, 0.15) is 0 Å². The molecule has 0 fully saturated rings. The van der Waals surface area contributed by atoms with E-state index in [1.165, 1.54) is 11.1 Å². The molecule has 0 atom stereocenters. The third-order valence-electron chi connectivity index (χ3n) is 1.39. The van der Waals surface area contributed by atoms with Crippen molar-refractivity contribution in [3.05, 3.63) is 40.4 Å². The molecule has 0 nitrogen and oxygen atoms in total. The number of benzene rings is 1. The van der Waals surface area contributed by atoms with Crippen LogP contribution in [0.15, 0.2) is 29.3 Å². The van der Waals surface area contributed by atoms with Crippen molar-refractivity contribution in [3.63, 3.8) is 0 Å². The SMILES string of the molecule is Br/C=C/c1ccc(CBr)cc1. The van der Waals surface area contributed by atoms with Gasteiger partial charge in [0.25, 0.3) is 0 Å². The molecular weight excluding hydrogens is 268 g/mol. The van der Waals surface area contributed by atoms with Crippen LogP contribution in [0.2, 0.25) is 0 Å². The van der Waals surface area contributed by atoms with E-state index in [0.29, 0.717) is 0 Å². The fraction of sp³-hybridized carbons (Fsp3) is 0.111. The van der Waals surface area contributed by atoms with Crippen LogP contribution < -0.4 is 0 Å². The second-order valence-corrected chi connectivity index (χ2v) is 3.26. The normalized spacial score (nSPS) is 10.7. The van der Waals surface area contributed by atoms with Crippen molar-refractivity contribution in [3.8, 4) is 0 Å². The van der Waals surface area contributed by atoms with E-state index in [0.717, 1.165) is 5.33 Å². The zero-order chi connectivity index (χ0) is 8.10. The summed E-state index contributed by atoms with van der Waals surface area (Å²) in [5.74, 6) is 0. The molecule has 0 amide bonds. The number of halogens is 2. The molecule has 0 heterocycles. The Morgan fingerprint density at radius 2 is 1.82 bits per heavy atom. The van der Waals surface area contributed by atoms with E-state index < -0.39 is 0 Å². The molecule has 0 saturated carbocycles. The topological polar surface area (TPSA) is 0 Å². The van der Waals surface area contributed by atoms with Crippen LogP contribution in [0, 0.1) is 0 Å². The van der Waals surface area contributed by atoms with Gasteiger partial charge in [0.05, 0.1) is 0 Å². The lowest BCUT2D eigenvalue weighted by molar-refractivity contribution is 1.43. The van der Waals surface area contributed by atoms with E-state index in [9.17, 15) is 0 Å². The van der Waals surface area contributed by atoms with E-state index in [2.05, 4.69) is 56.1 Å². The molecule has 0 aliphatic carbocycles. The lowest BCUT2D eigenvalue weighted by atomic mass is 10.1. The van der Waals surface area contributed by atoms with Crippen LogP contribution in [0.1, 0.15) is 11.1 Å².